The lowest BCUT2D eigenvalue weighted by atomic mass is 10.1. The number of nitrogens with zero attached hydrogens (tertiary/aromatic N) is 6. The number of ether oxygens (including phenoxy) is 1. The minimum absolute atomic E-state index is 0.0600. The summed E-state index contributed by atoms with van der Waals surface area (Å²) in [6.45, 7) is 6.41. The second-order valence-electron chi connectivity index (χ2n) is 9.12. The van der Waals surface area contributed by atoms with E-state index in [-0.39, 0.29) is 18.0 Å². The van der Waals surface area contributed by atoms with E-state index >= 15 is 0 Å². The van der Waals surface area contributed by atoms with E-state index in [0.29, 0.717) is 23.0 Å². The van der Waals surface area contributed by atoms with Crippen molar-refractivity contribution in [1.82, 2.24) is 29.6 Å². The summed E-state index contributed by atoms with van der Waals surface area (Å²) >= 11 is 0. The molecular weight excluding hydrogens is 442 g/mol. The fourth-order valence-electron chi connectivity index (χ4n) is 4.34. The fourth-order valence-corrected chi connectivity index (χ4v) is 4.34. The van der Waals surface area contributed by atoms with Crippen molar-refractivity contribution in [1.29, 1.82) is 0 Å². The highest BCUT2D eigenvalue weighted by atomic mass is 16.5. The van der Waals surface area contributed by atoms with Crippen LogP contribution in [0.25, 0.3) is 22.0 Å². The summed E-state index contributed by atoms with van der Waals surface area (Å²) in [6.07, 6.45) is 8.84. The summed E-state index contributed by atoms with van der Waals surface area (Å²) in [5, 5.41) is 7.90. The van der Waals surface area contributed by atoms with Crippen LogP contribution in [0.2, 0.25) is 0 Å². The highest BCUT2D eigenvalue weighted by molar-refractivity contribution is 6.03. The first-order valence-electron chi connectivity index (χ1n) is 11.9. The second-order valence-corrected chi connectivity index (χ2v) is 9.12. The van der Waals surface area contributed by atoms with Gasteiger partial charge in [0.1, 0.15) is 6.10 Å². The Morgan fingerprint density at radius 3 is 2.54 bits per heavy atom. The summed E-state index contributed by atoms with van der Waals surface area (Å²) < 4.78 is 8.18. The molecule has 5 rings (SSSR count). The number of carbonyl (C=O) groups is 1. The molecule has 4 heterocycles. The number of fused-ring (bicyclic) bond motifs is 1. The highest BCUT2D eigenvalue weighted by Crippen LogP contribution is 2.31. The highest BCUT2D eigenvalue weighted by Gasteiger charge is 2.24. The minimum Gasteiger partial charge on any atom is -0.474 e. The van der Waals surface area contributed by atoms with Gasteiger partial charge in [-0.15, -0.1) is 0 Å². The van der Waals surface area contributed by atoms with Gasteiger partial charge >= 0.3 is 0 Å². The Hall–Kier alpha value is -3.85. The third-order valence-corrected chi connectivity index (χ3v) is 6.35. The zero-order valence-electron chi connectivity index (χ0n) is 20.2. The number of aryl methyl sites for hydroxylation is 1. The molecule has 3 aromatic heterocycles. The molecule has 0 radical (unpaired) electrons. The van der Waals surface area contributed by atoms with E-state index in [1.165, 1.54) is 0 Å². The molecule has 180 valence electrons. The molecule has 0 spiro atoms. The molecule has 1 aliphatic rings. The molecule has 0 aliphatic carbocycles. The molecule has 1 aliphatic heterocycles. The van der Waals surface area contributed by atoms with Crippen molar-refractivity contribution in [2.24, 2.45) is 7.05 Å². The van der Waals surface area contributed by atoms with Crippen molar-refractivity contribution >= 4 is 22.8 Å². The van der Waals surface area contributed by atoms with Gasteiger partial charge in [-0.2, -0.15) is 10.1 Å². The summed E-state index contributed by atoms with van der Waals surface area (Å²) in [6, 6.07) is 9.80. The predicted molar refractivity (Wildman–Crippen MR) is 134 cm³/mol. The minimum atomic E-state index is -0.300. The summed E-state index contributed by atoms with van der Waals surface area (Å²) in [5.41, 5.74) is 3.14. The lowest BCUT2D eigenvalue weighted by molar-refractivity contribution is 0.0824. The SMILES string of the molecule is CC(C)N1CCC(Oc2nc(NC(=O)c3ccncc3)nc3cc(-c4cnn(C)c4)ccc23)CC1. The first-order chi connectivity index (χ1) is 17.0. The van der Waals surface area contributed by atoms with E-state index in [0.717, 1.165) is 42.4 Å². The lowest BCUT2D eigenvalue weighted by Gasteiger charge is -2.34. The molecule has 0 bridgehead atoms. The van der Waals surface area contributed by atoms with Gasteiger partial charge < -0.3 is 9.64 Å². The van der Waals surface area contributed by atoms with E-state index in [9.17, 15) is 4.79 Å². The first kappa shape index (κ1) is 22.9. The molecular formula is C26H29N7O2. The van der Waals surface area contributed by atoms with Crippen LogP contribution in [0.4, 0.5) is 5.95 Å². The molecule has 1 aromatic carbocycles. The number of carbonyl (C=O) groups excluding carboxylic acids is 1. The van der Waals surface area contributed by atoms with Gasteiger partial charge in [-0.05, 0) is 56.5 Å². The van der Waals surface area contributed by atoms with E-state index in [1.54, 1.807) is 29.2 Å². The standard InChI is InChI=1S/C26H29N7O2/c1-17(2)33-12-8-21(9-13-33)35-25-22-5-4-19(20-15-28-32(3)16-20)14-23(22)29-26(31-25)30-24(34)18-6-10-27-11-7-18/h4-7,10-11,14-17,21H,8-9,12-13H2,1-3H3,(H,29,30,31,34). The van der Waals surface area contributed by atoms with Gasteiger partial charge in [0, 0.05) is 55.9 Å². The van der Waals surface area contributed by atoms with Crippen LogP contribution in [0.5, 0.6) is 5.88 Å². The number of likely N-dealkylation sites (tertiary alicyclic amines) is 1. The van der Waals surface area contributed by atoms with Crippen LogP contribution in [0.1, 0.15) is 37.0 Å². The van der Waals surface area contributed by atoms with Gasteiger partial charge in [-0.3, -0.25) is 19.8 Å². The van der Waals surface area contributed by atoms with Gasteiger partial charge in [0.15, 0.2) is 0 Å². The molecule has 0 saturated carbocycles. The molecule has 9 nitrogen and oxygen atoms in total. The predicted octanol–water partition coefficient (Wildman–Crippen LogP) is 3.93. The number of anilines is 1. The second kappa shape index (κ2) is 9.79. The van der Waals surface area contributed by atoms with Crippen LogP contribution in [0.3, 0.4) is 0 Å². The van der Waals surface area contributed by atoms with Crippen LogP contribution in [0.15, 0.2) is 55.1 Å². The number of nitrogens with one attached hydrogen (secondary N) is 1. The average Bonchev–Trinajstić information content (AvgIpc) is 3.31. The number of amides is 1. The van der Waals surface area contributed by atoms with Crippen LogP contribution < -0.4 is 10.1 Å². The van der Waals surface area contributed by atoms with Crippen molar-refractivity contribution in [2.75, 3.05) is 18.4 Å². The van der Waals surface area contributed by atoms with Crippen LogP contribution in [0, 0.1) is 0 Å². The van der Waals surface area contributed by atoms with E-state index < -0.39 is 0 Å². The van der Waals surface area contributed by atoms with Gasteiger partial charge in [0.2, 0.25) is 11.8 Å². The van der Waals surface area contributed by atoms with E-state index in [4.69, 9.17) is 4.74 Å². The maximum absolute atomic E-state index is 12.8. The molecule has 4 aromatic rings. The number of hydrogen-bond acceptors (Lipinski definition) is 7. The lowest BCUT2D eigenvalue weighted by Crippen LogP contribution is -2.41. The molecule has 1 amide bonds. The topological polar surface area (TPSA) is 98.1 Å². The Balaban J connectivity index is 1.47. The fraction of sp³-hybridized carbons (Fsp3) is 0.346. The Bertz CT molecular complexity index is 1330. The first-order valence-corrected chi connectivity index (χ1v) is 11.9. The van der Waals surface area contributed by atoms with Gasteiger partial charge in [0.25, 0.3) is 5.91 Å². The zero-order chi connectivity index (χ0) is 24.4. The summed E-state index contributed by atoms with van der Waals surface area (Å²) in [7, 11) is 1.88. The molecule has 1 fully saturated rings. The van der Waals surface area contributed by atoms with Gasteiger partial charge in [-0.1, -0.05) is 6.07 Å². The van der Waals surface area contributed by atoms with Crippen molar-refractivity contribution in [3.63, 3.8) is 0 Å². The van der Waals surface area contributed by atoms with E-state index in [1.807, 2.05) is 37.6 Å². The number of aromatic nitrogens is 5. The Morgan fingerprint density at radius 1 is 1.09 bits per heavy atom. The molecule has 1 saturated heterocycles. The smallest absolute Gasteiger partial charge is 0.258 e. The maximum atomic E-state index is 12.8. The quantitative estimate of drug-likeness (QED) is 0.455. The Kier molecular flexibility index (Phi) is 6.41. The van der Waals surface area contributed by atoms with Crippen molar-refractivity contribution in [2.45, 2.75) is 38.8 Å². The Morgan fingerprint density at radius 2 is 1.86 bits per heavy atom. The molecule has 9 heteroatoms. The third-order valence-electron chi connectivity index (χ3n) is 6.35. The summed E-state index contributed by atoms with van der Waals surface area (Å²) in [4.78, 5) is 28.5. The van der Waals surface area contributed by atoms with Crippen molar-refractivity contribution < 1.29 is 9.53 Å². The third kappa shape index (κ3) is 5.14. The number of pyridine rings is 1. The summed E-state index contributed by atoms with van der Waals surface area (Å²) in [5.74, 6) is 0.393. The number of rotatable bonds is 6. The monoisotopic (exact) mass is 471 g/mol. The number of benzene rings is 1. The average molecular weight is 472 g/mol. The maximum Gasteiger partial charge on any atom is 0.258 e. The zero-order valence-corrected chi connectivity index (χ0v) is 20.2. The van der Waals surface area contributed by atoms with Crippen molar-refractivity contribution in [3.8, 4) is 17.0 Å². The molecule has 1 N–H and O–H groups in total. The molecule has 0 unspecified atom stereocenters. The Labute approximate surface area is 204 Å². The van der Waals surface area contributed by atoms with Gasteiger partial charge in [-0.25, -0.2) is 4.98 Å². The van der Waals surface area contributed by atoms with Crippen molar-refractivity contribution in [3.05, 3.63) is 60.7 Å². The molecule has 35 heavy (non-hydrogen) atoms. The van der Waals surface area contributed by atoms with Crippen LogP contribution in [-0.4, -0.2) is 60.8 Å². The van der Waals surface area contributed by atoms with E-state index in [2.05, 4.69) is 44.1 Å². The van der Waals surface area contributed by atoms with Crippen LogP contribution in [-0.2, 0) is 7.05 Å². The number of hydrogen-bond donors (Lipinski definition) is 1. The molecule has 0 atom stereocenters. The van der Waals surface area contributed by atoms with Gasteiger partial charge in [0.05, 0.1) is 17.1 Å². The largest absolute Gasteiger partial charge is 0.474 e. The normalized spacial score (nSPS) is 15.0. The van der Waals surface area contributed by atoms with Crippen LogP contribution >= 0.6 is 0 Å². The number of piperidine rings is 1.